The molecule has 0 unspecified atom stereocenters. The Balaban J connectivity index is 2.25. The number of H-pyrrole nitrogens is 1. The first-order chi connectivity index (χ1) is 8.39. The number of fused-ring (bicyclic) bond motifs is 1. The minimum atomic E-state index is -0.122. The molecule has 18 heavy (non-hydrogen) atoms. The number of aromatic amines is 1. The summed E-state index contributed by atoms with van der Waals surface area (Å²) in [5.41, 5.74) is 2.02. The molecule has 0 saturated heterocycles. The van der Waals surface area contributed by atoms with E-state index in [1.54, 1.807) is 23.0 Å². The molecule has 5 nitrogen and oxygen atoms in total. The first kappa shape index (κ1) is 12.4. The Kier molecular flexibility index (Phi) is 2.98. The van der Waals surface area contributed by atoms with E-state index in [-0.39, 0.29) is 11.0 Å². The minimum absolute atomic E-state index is 0.0320. The molecule has 0 aliphatic rings. The van der Waals surface area contributed by atoms with Crippen LogP contribution in [-0.2, 0) is 6.54 Å². The maximum atomic E-state index is 11.8. The second-order valence-electron chi connectivity index (χ2n) is 5.31. The Hall–Kier alpha value is -2.04. The van der Waals surface area contributed by atoms with Crippen molar-refractivity contribution in [3.8, 4) is 0 Å². The van der Waals surface area contributed by atoms with E-state index >= 15 is 0 Å². The van der Waals surface area contributed by atoms with Gasteiger partial charge in [0.05, 0.1) is 5.56 Å². The maximum absolute atomic E-state index is 11.8. The van der Waals surface area contributed by atoms with Crippen molar-refractivity contribution in [3.63, 3.8) is 0 Å². The van der Waals surface area contributed by atoms with Gasteiger partial charge in [-0.05, 0) is 6.07 Å². The number of nitrogens with one attached hydrogen (secondary N) is 2. The first-order valence-corrected chi connectivity index (χ1v) is 5.87. The van der Waals surface area contributed by atoms with Crippen LogP contribution in [0, 0.1) is 5.41 Å². The van der Waals surface area contributed by atoms with Crippen molar-refractivity contribution >= 4 is 5.65 Å². The standard InChI is InChI=1S/C13H18N4O/c1-9(13(2,3)4)15-8-10-11-14-6-5-7-17(11)16-12(10)18/h5-7,15H,1,8H2,2-4H3,(H,16,18). The van der Waals surface area contributed by atoms with Gasteiger partial charge in [0.25, 0.3) is 5.56 Å². The topological polar surface area (TPSA) is 62.2 Å². The molecule has 0 radical (unpaired) electrons. The normalized spacial score (nSPS) is 11.7. The van der Waals surface area contributed by atoms with Gasteiger partial charge in [0.2, 0.25) is 0 Å². The third-order valence-corrected chi connectivity index (χ3v) is 2.90. The van der Waals surface area contributed by atoms with Gasteiger partial charge in [-0.3, -0.25) is 9.89 Å². The third-order valence-electron chi connectivity index (χ3n) is 2.90. The summed E-state index contributed by atoms with van der Waals surface area (Å²) in [5, 5.41) is 5.91. The molecule has 0 bridgehead atoms. The molecule has 96 valence electrons. The fourth-order valence-electron chi connectivity index (χ4n) is 1.58. The Morgan fingerprint density at radius 3 is 2.94 bits per heavy atom. The molecule has 0 aliphatic carbocycles. The van der Waals surface area contributed by atoms with E-state index in [0.717, 1.165) is 5.70 Å². The summed E-state index contributed by atoms with van der Waals surface area (Å²) < 4.78 is 1.62. The summed E-state index contributed by atoms with van der Waals surface area (Å²) in [5.74, 6) is 0. The van der Waals surface area contributed by atoms with E-state index in [9.17, 15) is 4.79 Å². The predicted octanol–water partition coefficient (Wildman–Crippen LogP) is 1.67. The van der Waals surface area contributed by atoms with E-state index in [1.165, 1.54) is 0 Å². The van der Waals surface area contributed by atoms with Gasteiger partial charge >= 0.3 is 0 Å². The Morgan fingerprint density at radius 2 is 2.28 bits per heavy atom. The molecule has 2 aromatic heterocycles. The van der Waals surface area contributed by atoms with E-state index in [4.69, 9.17) is 0 Å². The van der Waals surface area contributed by atoms with E-state index in [0.29, 0.717) is 17.8 Å². The number of hydrogen-bond acceptors (Lipinski definition) is 3. The molecule has 2 heterocycles. The van der Waals surface area contributed by atoms with Gasteiger partial charge in [0.15, 0.2) is 5.65 Å². The van der Waals surface area contributed by atoms with Crippen LogP contribution in [0.4, 0.5) is 0 Å². The van der Waals surface area contributed by atoms with Crippen LogP contribution in [0.3, 0.4) is 0 Å². The molecule has 5 heteroatoms. The summed E-state index contributed by atoms with van der Waals surface area (Å²) in [4.78, 5) is 16.0. The molecule has 0 spiro atoms. The van der Waals surface area contributed by atoms with Crippen molar-refractivity contribution in [2.75, 3.05) is 0 Å². The van der Waals surface area contributed by atoms with Gasteiger partial charge in [0.1, 0.15) is 0 Å². The Morgan fingerprint density at radius 1 is 1.56 bits per heavy atom. The van der Waals surface area contributed by atoms with Crippen molar-refractivity contribution in [3.05, 3.63) is 46.7 Å². The maximum Gasteiger partial charge on any atom is 0.271 e. The number of allylic oxidation sites excluding steroid dienone is 1. The quantitative estimate of drug-likeness (QED) is 0.866. The van der Waals surface area contributed by atoms with Gasteiger partial charge in [-0.25, -0.2) is 9.50 Å². The van der Waals surface area contributed by atoms with Crippen LogP contribution in [0.5, 0.6) is 0 Å². The summed E-state index contributed by atoms with van der Waals surface area (Å²) in [7, 11) is 0. The largest absolute Gasteiger partial charge is 0.384 e. The van der Waals surface area contributed by atoms with Gasteiger partial charge in [-0.2, -0.15) is 0 Å². The van der Waals surface area contributed by atoms with Crippen LogP contribution in [0.15, 0.2) is 35.5 Å². The number of rotatable bonds is 3. The molecule has 0 atom stereocenters. The highest BCUT2D eigenvalue weighted by Gasteiger charge is 2.16. The van der Waals surface area contributed by atoms with Crippen molar-refractivity contribution in [1.29, 1.82) is 0 Å². The van der Waals surface area contributed by atoms with Gasteiger partial charge < -0.3 is 5.32 Å². The van der Waals surface area contributed by atoms with Gasteiger partial charge in [-0.15, -0.1) is 0 Å². The highest BCUT2D eigenvalue weighted by Crippen LogP contribution is 2.21. The average molecular weight is 246 g/mol. The third kappa shape index (κ3) is 2.30. The smallest absolute Gasteiger partial charge is 0.271 e. The monoisotopic (exact) mass is 246 g/mol. The molecule has 2 rings (SSSR count). The zero-order valence-electron chi connectivity index (χ0n) is 10.9. The summed E-state index contributed by atoms with van der Waals surface area (Å²) in [6, 6.07) is 1.77. The van der Waals surface area contributed by atoms with Crippen LogP contribution < -0.4 is 10.9 Å². The number of hydrogen-bond donors (Lipinski definition) is 2. The number of nitrogens with zero attached hydrogens (tertiary/aromatic N) is 2. The van der Waals surface area contributed by atoms with Crippen molar-refractivity contribution in [2.24, 2.45) is 5.41 Å². The number of aromatic nitrogens is 3. The van der Waals surface area contributed by atoms with Crippen LogP contribution in [0.25, 0.3) is 5.65 Å². The first-order valence-electron chi connectivity index (χ1n) is 5.87. The molecule has 0 fully saturated rings. The van der Waals surface area contributed by atoms with Gasteiger partial charge in [-0.1, -0.05) is 27.4 Å². The fraction of sp³-hybridized carbons (Fsp3) is 0.385. The zero-order valence-corrected chi connectivity index (χ0v) is 10.9. The molecule has 0 saturated carbocycles. The van der Waals surface area contributed by atoms with Gasteiger partial charge in [0, 0.05) is 30.1 Å². The molecular weight excluding hydrogens is 228 g/mol. The van der Waals surface area contributed by atoms with Crippen LogP contribution in [0.1, 0.15) is 26.3 Å². The van der Waals surface area contributed by atoms with Crippen molar-refractivity contribution < 1.29 is 0 Å². The second kappa shape index (κ2) is 4.33. The van der Waals surface area contributed by atoms with E-state index in [2.05, 4.69) is 42.7 Å². The molecular formula is C13H18N4O. The highest BCUT2D eigenvalue weighted by molar-refractivity contribution is 5.45. The highest BCUT2D eigenvalue weighted by atomic mass is 16.1. The van der Waals surface area contributed by atoms with E-state index in [1.807, 2.05) is 0 Å². The van der Waals surface area contributed by atoms with Crippen molar-refractivity contribution in [1.82, 2.24) is 19.9 Å². The Bertz CT molecular complexity index is 630. The Labute approximate surface area is 106 Å². The van der Waals surface area contributed by atoms with Crippen molar-refractivity contribution in [2.45, 2.75) is 27.3 Å². The predicted molar refractivity (Wildman–Crippen MR) is 71.2 cm³/mol. The lowest BCUT2D eigenvalue weighted by atomic mass is 9.93. The minimum Gasteiger partial charge on any atom is -0.384 e. The summed E-state index contributed by atoms with van der Waals surface area (Å²) >= 11 is 0. The molecule has 0 aliphatic heterocycles. The SMILES string of the molecule is C=C(NCc1c(=O)[nH]n2cccnc12)C(C)(C)C. The second-order valence-corrected chi connectivity index (χ2v) is 5.31. The van der Waals surface area contributed by atoms with Crippen LogP contribution in [-0.4, -0.2) is 14.6 Å². The molecule has 0 aromatic carbocycles. The lowest BCUT2D eigenvalue weighted by molar-refractivity contribution is 0.461. The van der Waals surface area contributed by atoms with E-state index < -0.39 is 0 Å². The lowest BCUT2D eigenvalue weighted by Crippen LogP contribution is -2.25. The van der Waals surface area contributed by atoms with Crippen LogP contribution in [0.2, 0.25) is 0 Å². The summed E-state index contributed by atoms with van der Waals surface area (Å²) in [6.45, 7) is 10.6. The average Bonchev–Trinajstić information content (AvgIpc) is 2.60. The van der Waals surface area contributed by atoms with Crippen LogP contribution >= 0.6 is 0 Å². The molecule has 0 amide bonds. The fourth-order valence-corrected chi connectivity index (χ4v) is 1.58. The summed E-state index contributed by atoms with van der Waals surface area (Å²) in [6.07, 6.45) is 3.44. The molecule has 2 aromatic rings. The molecule has 2 N–H and O–H groups in total. The zero-order chi connectivity index (χ0) is 13.3. The lowest BCUT2D eigenvalue weighted by Gasteiger charge is -2.22.